The molecule has 0 aliphatic rings. The van der Waals surface area contributed by atoms with Gasteiger partial charge in [-0.25, -0.2) is 4.79 Å². The predicted octanol–water partition coefficient (Wildman–Crippen LogP) is 2.96. The lowest BCUT2D eigenvalue weighted by atomic mass is 10.3. The van der Waals surface area contributed by atoms with E-state index in [0.29, 0.717) is 6.61 Å². The number of ether oxygens (including phenoxy) is 1. The maximum absolute atomic E-state index is 11.2. The number of para-hydroxylation sites is 1. The summed E-state index contributed by atoms with van der Waals surface area (Å²) in [6.45, 7) is 2.55. The second kappa shape index (κ2) is 7.51. The van der Waals surface area contributed by atoms with E-state index in [2.05, 4.69) is 12.2 Å². The third-order valence-corrected chi connectivity index (χ3v) is 1.99. The standard InChI is InChI=1S/C13H17NO2/c1-2-3-11-16-13(15)9-10-14-12-7-5-4-6-8-12/h4-10,14H,2-3,11H2,1H3/b10-9-. The van der Waals surface area contributed by atoms with Gasteiger partial charge in [-0.3, -0.25) is 0 Å². The van der Waals surface area contributed by atoms with Gasteiger partial charge in [0.05, 0.1) is 6.61 Å². The minimum atomic E-state index is -0.308. The molecule has 0 heterocycles. The summed E-state index contributed by atoms with van der Waals surface area (Å²) in [4.78, 5) is 11.2. The van der Waals surface area contributed by atoms with Crippen molar-refractivity contribution in [3.63, 3.8) is 0 Å². The van der Waals surface area contributed by atoms with E-state index in [9.17, 15) is 4.79 Å². The van der Waals surface area contributed by atoms with E-state index in [4.69, 9.17) is 4.74 Å². The number of rotatable bonds is 6. The smallest absolute Gasteiger partial charge is 0.332 e. The first-order chi connectivity index (χ1) is 7.83. The molecular formula is C13H17NO2. The molecule has 1 aromatic carbocycles. The maximum atomic E-state index is 11.2. The number of hydrogen-bond donors (Lipinski definition) is 1. The number of unbranched alkanes of at least 4 members (excludes halogenated alkanes) is 1. The number of anilines is 1. The molecule has 0 unspecified atom stereocenters. The molecule has 0 saturated heterocycles. The average molecular weight is 219 g/mol. The lowest BCUT2D eigenvalue weighted by molar-refractivity contribution is -0.137. The molecule has 0 saturated carbocycles. The highest BCUT2D eigenvalue weighted by Gasteiger charge is 1.94. The van der Waals surface area contributed by atoms with Crippen LogP contribution in [0.15, 0.2) is 42.6 Å². The van der Waals surface area contributed by atoms with E-state index < -0.39 is 0 Å². The van der Waals surface area contributed by atoms with Crippen LogP contribution in [0.2, 0.25) is 0 Å². The summed E-state index contributed by atoms with van der Waals surface area (Å²) >= 11 is 0. The van der Waals surface area contributed by atoms with Crippen LogP contribution in [0.3, 0.4) is 0 Å². The fraction of sp³-hybridized carbons (Fsp3) is 0.308. The first-order valence-corrected chi connectivity index (χ1v) is 5.48. The van der Waals surface area contributed by atoms with Gasteiger partial charge in [0.15, 0.2) is 0 Å². The predicted molar refractivity (Wildman–Crippen MR) is 65.1 cm³/mol. The Balaban J connectivity index is 2.24. The largest absolute Gasteiger partial charge is 0.462 e. The Hall–Kier alpha value is -1.77. The van der Waals surface area contributed by atoms with E-state index >= 15 is 0 Å². The Morgan fingerprint density at radius 3 is 2.81 bits per heavy atom. The van der Waals surface area contributed by atoms with Gasteiger partial charge in [0, 0.05) is 18.0 Å². The number of esters is 1. The van der Waals surface area contributed by atoms with Gasteiger partial charge in [-0.1, -0.05) is 31.5 Å². The summed E-state index contributed by atoms with van der Waals surface area (Å²) in [5.74, 6) is -0.308. The molecule has 3 nitrogen and oxygen atoms in total. The third kappa shape index (κ3) is 5.20. The van der Waals surface area contributed by atoms with Gasteiger partial charge < -0.3 is 10.1 Å². The van der Waals surface area contributed by atoms with E-state index in [0.717, 1.165) is 18.5 Å². The van der Waals surface area contributed by atoms with Gasteiger partial charge in [0.1, 0.15) is 0 Å². The van der Waals surface area contributed by atoms with Crippen molar-refractivity contribution in [2.45, 2.75) is 19.8 Å². The van der Waals surface area contributed by atoms with Gasteiger partial charge in [0.25, 0.3) is 0 Å². The van der Waals surface area contributed by atoms with Crippen LogP contribution in [-0.2, 0) is 9.53 Å². The fourth-order valence-corrected chi connectivity index (χ4v) is 1.11. The Labute approximate surface area is 96.1 Å². The molecule has 1 rings (SSSR count). The monoisotopic (exact) mass is 219 g/mol. The zero-order valence-electron chi connectivity index (χ0n) is 9.48. The molecule has 0 spiro atoms. The summed E-state index contributed by atoms with van der Waals surface area (Å²) in [5.41, 5.74) is 0.945. The van der Waals surface area contributed by atoms with Crippen LogP contribution in [-0.4, -0.2) is 12.6 Å². The molecule has 0 bridgehead atoms. The molecule has 0 atom stereocenters. The SMILES string of the molecule is CCCCOC(=O)/C=C\Nc1ccccc1. The lowest BCUT2D eigenvalue weighted by Crippen LogP contribution is -2.02. The van der Waals surface area contributed by atoms with Gasteiger partial charge in [-0.15, -0.1) is 0 Å². The Kier molecular flexibility index (Phi) is 5.78. The summed E-state index contributed by atoms with van der Waals surface area (Å²) < 4.78 is 4.95. The maximum Gasteiger partial charge on any atom is 0.332 e. The Morgan fingerprint density at radius 2 is 2.12 bits per heavy atom. The fourth-order valence-electron chi connectivity index (χ4n) is 1.11. The highest BCUT2D eigenvalue weighted by atomic mass is 16.5. The van der Waals surface area contributed by atoms with Crippen LogP contribution in [0.5, 0.6) is 0 Å². The molecule has 0 amide bonds. The lowest BCUT2D eigenvalue weighted by Gasteiger charge is -2.00. The van der Waals surface area contributed by atoms with Crippen molar-refractivity contribution in [1.29, 1.82) is 0 Å². The first kappa shape index (κ1) is 12.3. The minimum Gasteiger partial charge on any atom is -0.462 e. The molecule has 1 aromatic rings. The number of carbonyl (C=O) groups excluding carboxylic acids is 1. The van der Waals surface area contributed by atoms with Crippen molar-refractivity contribution in [3.05, 3.63) is 42.6 Å². The quantitative estimate of drug-likeness (QED) is 0.454. The zero-order valence-corrected chi connectivity index (χ0v) is 9.48. The van der Waals surface area contributed by atoms with E-state index in [1.54, 1.807) is 6.20 Å². The summed E-state index contributed by atoms with van der Waals surface area (Å²) in [5, 5.41) is 2.98. The van der Waals surface area contributed by atoms with Crippen molar-refractivity contribution in [2.24, 2.45) is 0 Å². The second-order valence-electron chi connectivity index (χ2n) is 3.36. The highest BCUT2D eigenvalue weighted by molar-refractivity contribution is 5.82. The normalized spacial score (nSPS) is 10.3. The molecule has 0 aromatic heterocycles. The van der Waals surface area contributed by atoms with Crippen LogP contribution in [0, 0.1) is 0 Å². The van der Waals surface area contributed by atoms with Gasteiger partial charge in [-0.05, 0) is 18.6 Å². The first-order valence-electron chi connectivity index (χ1n) is 5.48. The number of hydrogen-bond acceptors (Lipinski definition) is 3. The van der Waals surface area contributed by atoms with Crippen LogP contribution in [0.25, 0.3) is 0 Å². The summed E-state index contributed by atoms with van der Waals surface area (Å²) in [7, 11) is 0. The number of nitrogens with one attached hydrogen (secondary N) is 1. The molecule has 0 aliphatic heterocycles. The van der Waals surface area contributed by atoms with E-state index in [1.165, 1.54) is 6.08 Å². The van der Waals surface area contributed by atoms with Crippen molar-refractivity contribution < 1.29 is 9.53 Å². The van der Waals surface area contributed by atoms with Crippen molar-refractivity contribution >= 4 is 11.7 Å². The van der Waals surface area contributed by atoms with Gasteiger partial charge >= 0.3 is 5.97 Å². The van der Waals surface area contributed by atoms with Gasteiger partial charge in [0.2, 0.25) is 0 Å². The number of benzene rings is 1. The molecule has 16 heavy (non-hydrogen) atoms. The molecule has 0 radical (unpaired) electrons. The van der Waals surface area contributed by atoms with Crippen molar-refractivity contribution in [1.82, 2.24) is 0 Å². The van der Waals surface area contributed by atoms with Crippen LogP contribution in [0.1, 0.15) is 19.8 Å². The van der Waals surface area contributed by atoms with Crippen molar-refractivity contribution in [3.8, 4) is 0 Å². The summed E-state index contributed by atoms with van der Waals surface area (Å²) in [6, 6.07) is 9.64. The van der Waals surface area contributed by atoms with E-state index in [-0.39, 0.29) is 5.97 Å². The molecular weight excluding hydrogens is 202 g/mol. The number of carbonyl (C=O) groups is 1. The molecule has 1 N–H and O–H groups in total. The van der Waals surface area contributed by atoms with Crippen LogP contribution in [0.4, 0.5) is 5.69 Å². The molecule has 0 fully saturated rings. The summed E-state index contributed by atoms with van der Waals surface area (Å²) in [6.07, 6.45) is 4.91. The molecule has 0 aliphatic carbocycles. The van der Waals surface area contributed by atoms with Crippen LogP contribution < -0.4 is 5.32 Å². The minimum absolute atomic E-state index is 0.308. The molecule has 3 heteroatoms. The molecule has 86 valence electrons. The Morgan fingerprint density at radius 1 is 1.38 bits per heavy atom. The van der Waals surface area contributed by atoms with Crippen LogP contribution >= 0.6 is 0 Å². The zero-order chi connectivity index (χ0) is 11.6. The Bertz CT molecular complexity index is 333. The van der Waals surface area contributed by atoms with Crippen molar-refractivity contribution in [2.75, 3.05) is 11.9 Å². The average Bonchev–Trinajstić information content (AvgIpc) is 2.31. The topological polar surface area (TPSA) is 38.3 Å². The second-order valence-corrected chi connectivity index (χ2v) is 3.36. The van der Waals surface area contributed by atoms with E-state index in [1.807, 2.05) is 30.3 Å². The van der Waals surface area contributed by atoms with Gasteiger partial charge in [-0.2, -0.15) is 0 Å². The highest BCUT2D eigenvalue weighted by Crippen LogP contribution is 2.04. The third-order valence-electron chi connectivity index (χ3n) is 1.99.